The molecule has 0 aromatic heterocycles. The number of carbonyl (C=O) groups excluding carboxylic acids is 1. The highest BCUT2D eigenvalue weighted by atomic mass is 32.2. The Morgan fingerprint density at radius 3 is 2.48 bits per heavy atom. The molecule has 0 aliphatic carbocycles. The van der Waals surface area contributed by atoms with Crippen LogP contribution in [-0.2, 0) is 14.8 Å². The molecule has 2 aliphatic rings. The molecule has 0 bridgehead atoms. The van der Waals surface area contributed by atoms with Gasteiger partial charge in [0.1, 0.15) is 0 Å². The van der Waals surface area contributed by atoms with Crippen LogP contribution in [0.1, 0.15) is 33.1 Å². The van der Waals surface area contributed by atoms with E-state index in [-0.39, 0.29) is 23.6 Å². The lowest BCUT2D eigenvalue weighted by Crippen LogP contribution is -2.48. The van der Waals surface area contributed by atoms with Crippen LogP contribution >= 0.6 is 0 Å². The smallest absolute Gasteiger partial charge is 0.224 e. The van der Waals surface area contributed by atoms with E-state index in [1.54, 1.807) is 4.31 Å². The molecule has 0 spiro atoms. The number of sulfonamides is 1. The first kappa shape index (κ1) is 16.7. The highest BCUT2D eigenvalue weighted by molar-refractivity contribution is 7.89. The molecule has 0 aromatic carbocycles. The summed E-state index contributed by atoms with van der Waals surface area (Å²) in [5.74, 6) is 0.749. The summed E-state index contributed by atoms with van der Waals surface area (Å²) in [6.07, 6.45) is 2.07. The Morgan fingerprint density at radius 1 is 1.29 bits per heavy atom. The van der Waals surface area contributed by atoms with E-state index >= 15 is 0 Å². The molecule has 2 atom stereocenters. The molecular weight excluding hydrogens is 290 g/mol. The van der Waals surface area contributed by atoms with Gasteiger partial charge in [0.05, 0.1) is 11.7 Å². The number of carbonyl (C=O) groups is 1. The molecule has 0 radical (unpaired) electrons. The van der Waals surface area contributed by atoms with E-state index in [1.807, 2.05) is 6.92 Å². The summed E-state index contributed by atoms with van der Waals surface area (Å²) in [4.78, 5) is 12.2. The monoisotopic (exact) mass is 317 g/mol. The average molecular weight is 317 g/mol. The van der Waals surface area contributed by atoms with Crippen LogP contribution < -0.4 is 10.6 Å². The summed E-state index contributed by atoms with van der Waals surface area (Å²) >= 11 is 0. The van der Waals surface area contributed by atoms with E-state index in [0.29, 0.717) is 38.3 Å². The Hall–Kier alpha value is -0.660. The molecular formula is C14H27N3O3S. The Balaban J connectivity index is 1.80. The van der Waals surface area contributed by atoms with Crippen molar-refractivity contribution in [2.45, 2.75) is 39.2 Å². The molecule has 2 heterocycles. The van der Waals surface area contributed by atoms with Gasteiger partial charge >= 0.3 is 0 Å². The number of hydrogen-bond acceptors (Lipinski definition) is 4. The molecule has 2 rings (SSSR count). The van der Waals surface area contributed by atoms with Crippen molar-refractivity contribution in [3.05, 3.63) is 0 Å². The summed E-state index contributed by atoms with van der Waals surface area (Å²) in [5.41, 5.74) is 0. The minimum absolute atomic E-state index is 0.0480. The van der Waals surface area contributed by atoms with E-state index in [9.17, 15) is 13.2 Å². The van der Waals surface area contributed by atoms with Crippen molar-refractivity contribution in [2.75, 3.05) is 31.9 Å². The van der Waals surface area contributed by atoms with Gasteiger partial charge in [-0.1, -0.05) is 13.8 Å². The van der Waals surface area contributed by atoms with Gasteiger partial charge in [-0.2, -0.15) is 0 Å². The fourth-order valence-electron chi connectivity index (χ4n) is 3.13. The van der Waals surface area contributed by atoms with Gasteiger partial charge in [0.25, 0.3) is 0 Å². The number of amides is 1. The normalized spacial score (nSPS) is 28.7. The van der Waals surface area contributed by atoms with Gasteiger partial charge in [-0.25, -0.2) is 12.7 Å². The molecule has 1 amide bonds. The minimum atomic E-state index is -3.10. The first-order chi connectivity index (χ1) is 9.94. The Kier molecular flexibility index (Phi) is 5.62. The van der Waals surface area contributed by atoms with E-state index in [0.717, 1.165) is 13.1 Å². The highest BCUT2D eigenvalue weighted by Crippen LogP contribution is 2.19. The second-order valence-corrected chi connectivity index (χ2v) is 8.33. The molecule has 122 valence electrons. The molecule has 7 heteroatoms. The quantitative estimate of drug-likeness (QED) is 0.757. The molecule has 2 fully saturated rings. The summed E-state index contributed by atoms with van der Waals surface area (Å²) in [7, 11) is -3.10. The first-order valence-corrected chi connectivity index (χ1v) is 9.54. The lowest BCUT2D eigenvalue weighted by molar-refractivity contribution is -0.126. The molecule has 0 aromatic rings. The number of nitrogens with one attached hydrogen (secondary N) is 2. The topological polar surface area (TPSA) is 78.5 Å². The standard InChI is InChI=1S/C14H27N3O3S/c1-3-8-21(19,20)17-6-4-12(5-7-17)16-14(18)13-10-15-9-11(13)2/h11-13,15H,3-10H2,1-2H3,(H,16,18)/t11-,13-/m1/s1. The third-order valence-corrected chi connectivity index (χ3v) is 6.59. The predicted molar refractivity (Wildman–Crippen MR) is 82.3 cm³/mol. The van der Waals surface area contributed by atoms with Crippen molar-refractivity contribution >= 4 is 15.9 Å². The Labute approximate surface area is 127 Å². The summed E-state index contributed by atoms with van der Waals surface area (Å²) in [6, 6.07) is 0.110. The number of nitrogens with zero attached hydrogens (tertiary/aromatic N) is 1. The van der Waals surface area contributed by atoms with Gasteiger partial charge < -0.3 is 10.6 Å². The van der Waals surface area contributed by atoms with Crippen molar-refractivity contribution < 1.29 is 13.2 Å². The van der Waals surface area contributed by atoms with Crippen molar-refractivity contribution in [1.82, 2.24) is 14.9 Å². The fraction of sp³-hybridized carbons (Fsp3) is 0.929. The van der Waals surface area contributed by atoms with Crippen LogP contribution in [0.3, 0.4) is 0 Å². The zero-order valence-corrected chi connectivity index (χ0v) is 13.8. The van der Waals surface area contributed by atoms with Gasteiger partial charge in [-0.05, 0) is 31.7 Å². The lowest BCUT2D eigenvalue weighted by Gasteiger charge is -2.32. The van der Waals surface area contributed by atoms with E-state index < -0.39 is 10.0 Å². The SMILES string of the molecule is CCCS(=O)(=O)N1CCC(NC(=O)[C@@H]2CNC[C@H]2C)CC1. The van der Waals surface area contributed by atoms with Crippen LogP contribution in [0.4, 0.5) is 0 Å². The van der Waals surface area contributed by atoms with E-state index in [1.165, 1.54) is 0 Å². The molecule has 0 unspecified atom stereocenters. The van der Waals surface area contributed by atoms with Crippen LogP contribution in [0, 0.1) is 11.8 Å². The molecule has 2 aliphatic heterocycles. The Bertz CT molecular complexity index is 458. The minimum Gasteiger partial charge on any atom is -0.353 e. The molecule has 2 saturated heterocycles. The van der Waals surface area contributed by atoms with Crippen LogP contribution in [-0.4, -0.2) is 56.6 Å². The van der Waals surface area contributed by atoms with Gasteiger partial charge in [-0.15, -0.1) is 0 Å². The maximum atomic E-state index is 12.2. The zero-order chi connectivity index (χ0) is 15.5. The molecule has 2 N–H and O–H groups in total. The second-order valence-electron chi connectivity index (χ2n) is 6.24. The molecule has 21 heavy (non-hydrogen) atoms. The van der Waals surface area contributed by atoms with Crippen LogP contribution in [0.5, 0.6) is 0 Å². The Morgan fingerprint density at radius 2 is 1.95 bits per heavy atom. The number of rotatable bonds is 5. The van der Waals surface area contributed by atoms with Crippen LogP contribution in [0.25, 0.3) is 0 Å². The predicted octanol–water partition coefficient (Wildman–Crippen LogP) is 0.162. The zero-order valence-electron chi connectivity index (χ0n) is 13.0. The highest BCUT2D eigenvalue weighted by Gasteiger charge is 2.32. The fourth-order valence-corrected chi connectivity index (χ4v) is 4.68. The second kappa shape index (κ2) is 7.07. The molecule has 6 nitrogen and oxygen atoms in total. The largest absolute Gasteiger partial charge is 0.353 e. The van der Waals surface area contributed by atoms with E-state index in [4.69, 9.17) is 0 Å². The van der Waals surface area contributed by atoms with Gasteiger partial charge in [0, 0.05) is 25.7 Å². The maximum absolute atomic E-state index is 12.2. The van der Waals surface area contributed by atoms with Gasteiger partial charge in [-0.3, -0.25) is 4.79 Å². The molecule has 0 saturated carbocycles. The van der Waals surface area contributed by atoms with Crippen LogP contribution in [0.15, 0.2) is 0 Å². The van der Waals surface area contributed by atoms with Crippen molar-refractivity contribution in [2.24, 2.45) is 11.8 Å². The number of hydrogen-bond donors (Lipinski definition) is 2. The van der Waals surface area contributed by atoms with E-state index in [2.05, 4.69) is 17.6 Å². The van der Waals surface area contributed by atoms with Crippen molar-refractivity contribution in [3.8, 4) is 0 Å². The summed E-state index contributed by atoms with van der Waals surface area (Å²) in [6.45, 7) is 6.64. The summed E-state index contributed by atoms with van der Waals surface area (Å²) in [5, 5.41) is 6.33. The third-order valence-electron chi connectivity index (χ3n) is 4.51. The van der Waals surface area contributed by atoms with Crippen LogP contribution in [0.2, 0.25) is 0 Å². The van der Waals surface area contributed by atoms with Crippen molar-refractivity contribution in [3.63, 3.8) is 0 Å². The van der Waals surface area contributed by atoms with Gasteiger partial charge in [0.15, 0.2) is 0 Å². The lowest BCUT2D eigenvalue weighted by atomic mass is 9.96. The third kappa shape index (κ3) is 4.17. The first-order valence-electron chi connectivity index (χ1n) is 7.93. The number of piperidine rings is 1. The van der Waals surface area contributed by atoms with Gasteiger partial charge in [0.2, 0.25) is 15.9 Å². The van der Waals surface area contributed by atoms with Crippen molar-refractivity contribution in [1.29, 1.82) is 0 Å². The maximum Gasteiger partial charge on any atom is 0.224 e. The summed E-state index contributed by atoms with van der Waals surface area (Å²) < 4.78 is 25.6. The average Bonchev–Trinajstić information content (AvgIpc) is 2.85.